The fourth-order valence-corrected chi connectivity index (χ4v) is 2.77. The van der Waals surface area contributed by atoms with Crippen molar-refractivity contribution in [1.29, 1.82) is 0 Å². The van der Waals surface area contributed by atoms with E-state index in [1.54, 1.807) is 12.1 Å². The molecule has 0 saturated carbocycles. The summed E-state index contributed by atoms with van der Waals surface area (Å²) in [7, 11) is 1.37. The minimum Gasteiger partial charge on any atom is -0.493 e. The van der Waals surface area contributed by atoms with Gasteiger partial charge in [0.15, 0.2) is 11.5 Å². The number of alkyl halides is 2. The maximum absolute atomic E-state index is 12.3. The molecule has 2 rings (SSSR count). The quantitative estimate of drug-likeness (QED) is 0.751. The highest BCUT2D eigenvalue weighted by Crippen LogP contribution is 2.29. The number of hydrogen-bond donors (Lipinski definition) is 2. The highest BCUT2D eigenvalue weighted by atomic mass is 19.3. The molecule has 1 aromatic carbocycles. The summed E-state index contributed by atoms with van der Waals surface area (Å²) in [5.74, 6) is 0.164. The van der Waals surface area contributed by atoms with Crippen LogP contribution in [0.2, 0.25) is 0 Å². The summed E-state index contributed by atoms with van der Waals surface area (Å²) in [6.07, 6.45) is 3.73. The first-order chi connectivity index (χ1) is 12.1. The van der Waals surface area contributed by atoms with Gasteiger partial charge in [-0.1, -0.05) is 12.5 Å². The molecule has 0 spiro atoms. The Morgan fingerprint density at radius 1 is 1.20 bits per heavy atom. The van der Waals surface area contributed by atoms with Crippen LogP contribution in [0, 0.1) is 0 Å². The van der Waals surface area contributed by atoms with Gasteiger partial charge in [0.25, 0.3) is 0 Å². The lowest BCUT2D eigenvalue weighted by atomic mass is 10.1. The molecule has 0 bridgehead atoms. The number of halogens is 2. The molecular formula is C17H25F2N3O3. The number of methoxy groups -OCH3 is 1. The van der Waals surface area contributed by atoms with E-state index in [2.05, 4.69) is 20.3 Å². The van der Waals surface area contributed by atoms with Crippen LogP contribution in [0.25, 0.3) is 0 Å². The average molecular weight is 357 g/mol. The monoisotopic (exact) mass is 357 g/mol. The SMILES string of the molecule is COc1cc(CNC(=O)NCCN2CCCCC2)ccc1OC(F)F. The Kier molecular flexibility index (Phi) is 7.72. The largest absolute Gasteiger partial charge is 0.493 e. The van der Waals surface area contributed by atoms with Crippen LogP contribution in [-0.4, -0.2) is 50.8 Å². The number of rotatable bonds is 8. The number of ether oxygens (including phenoxy) is 2. The molecule has 25 heavy (non-hydrogen) atoms. The van der Waals surface area contributed by atoms with E-state index in [0.29, 0.717) is 6.54 Å². The zero-order chi connectivity index (χ0) is 18.1. The van der Waals surface area contributed by atoms with Gasteiger partial charge in [-0.25, -0.2) is 4.79 Å². The van der Waals surface area contributed by atoms with Crippen molar-refractivity contribution in [3.8, 4) is 11.5 Å². The molecule has 2 N–H and O–H groups in total. The van der Waals surface area contributed by atoms with Crippen molar-refractivity contribution in [3.05, 3.63) is 23.8 Å². The van der Waals surface area contributed by atoms with Gasteiger partial charge in [0.05, 0.1) is 7.11 Å². The van der Waals surface area contributed by atoms with Crippen molar-refractivity contribution in [2.75, 3.05) is 33.3 Å². The third kappa shape index (κ3) is 6.74. The van der Waals surface area contributed by atoms with Crippen LogP contribution in [0.4, 0.5) is 13.6 Å². The maximum Gasteiger partial charge on any atom is 0.387 e. The predicted octanol–water partition coefficient (Wildman–Crippen LogP) is 2.58. The van der Waals surface area contributed by atoms with Gasteiger partial charge in [-0.05, 0) is 43.6 Å². The smallest absolute Gasteiger partial charge is 0.387 e. The highest BCUT2D eigenvalue weighted by molar-refractivity contribution is 5.73. The van der Waals surface area contributed by atoms with Crippen LogP contribution in [0.5, 0.6) is 11.5 Å². The standard InChI is InChI=1S/C17H25F2N3O3/c1-24-15-11-13(5-6-14(15)25-16(18)19)12-21-17(23)20-7-10-22-8-3-2-4-9-22/h5-6,11,16H,2-4,7-10,12H2,1H3,(H2,20,21,23). The van der Waals surface area contributed by atoms with Crippen molar-refractivity contribution in [1.82, 2.24) is 15.5 Å². The fraction of sp³-hybridized carbons (Fsp3) is 0.588. The van der Waals surface area contributed by atoms with Crippen molar-refractivity contribution in [2.45, 2.75) is 32.4 Å². The number of hydrogen-bond acceptors (Lipinski definition) is 4. The number of urea groups is 1. The number of amides is 2. The summed E-state index contributed by atoms with van der Waals surface area (Å²) in [6.45, 7) is 0.980. The summed E-state index contributed by atoms with van der Waals surface area (Å²) in [6, 6.07) is 4.31. The van der Waals surface area contributed by atoms with Crippen molar-refractivity contribution < 1.29 is 23.0 Å². The highest BCUT2D eigenvalue weighted by Gasteiger charge is 2.12. The molecule has 1 heterocycles. The molecule has 2 amide bonds. The van der Waals surface area contributed by atoms with Crippen molar-refractivity contribution in [3.63, 3.8) is 0 Å². The van der Waals surface area contributed by atoms with Gasteiger partial charge in [0.1, 0.15) is 0 Å². The fourth-order valence-electron chi connectivity index (χ4n) is 2.77. The summed E-state index contributed by atoms with van der Waals surface area (Å²) in [5, 5.41) is 5.55. The molecule has 140 valence electrons. The second-order valence-electron chi connectivity index (χ2n) is 5.88. The van der Waals surface area contributed by atoms with Gasteiger partial charge in [-0.15, -0.1) is 0 Å². The van der Waals surface area contributed by atoms with Gasteiger partial charge in [-0.3, -0.25) is 0 Å². The number of carbonyl (C=O) groups is 1. The Balaban J connectivity index is 1.73. The van der Waals surface area contributed by atoms with E-state index in [-0.39, 0.29) is 24.1 Å². The normalized spacial score (nSPS) is 15.0. The Bertz CT molecular complexity index is 552. The van der Waals surface area contributed by atoms with E-state index in [0.717, 1.165) is 25.2 Å². The molecule has 1 fully saturated rings. The zero-order valence-electron chi connectivity index (χ0n) is 14.4. The molecule has 0 unspecified atom stereocenters. The number of nitrogens with one attached hydrogen (secondary N) is 2. The number of nitrogens with zero attached hydrogens (tertiary/aromatic N) is 1. The lowest BCUT2D eigenvalue weighted by Gasteiger charge is -2.26. The number of likely N-dealkylation sites (tertiary alicyclic amines) is 1. The number of carbonyl (C=O) groups excluding carboxylic acids is 1. The van der Waals surface area contributed by atoms with Crippen LogP contribution >= 0.6 is 0 Å². The average Bonchev–Trinajstić information content (AvgIpc) is 2.61. The Morgan fingerprint density at radius 3 is 2.64 bits per heavy atom. The van der Waals surface area contributed by atoms with E-state index >= 15 is 0 Å². The molecule has 0 aromatic heterocycles. The van der Waals surface area contributed by atoms with E-state index in [4.69, 9.17) is 4.74 Å². The minimum atomic E-state index is -2.91. The van der Waals surface area contributed by atoms with Crippen LogP contribution in [0.15, 0.2) is 18.2 Å². The van der Waals surface area contributed by atoms with Gasteiger partial charge in [-0.2, -0.15) is 8.78 Å². The molecule has 6 nitrogen and oxygen atoms in total. The molecule has 1 saturated heterocycles. The molecule has 8 heteroatoms. The summed E-state index contributed by atoms with van der Waals surface area (Å²) in [5.41, 5.74) is 0.727. The lowest BCUT2D eigenvalue weighted by Crippen LogP contribution is -2.41. The van der Waals surface area contributed by atoms with Crippen LogP contribution in [0.1, 0.15) is 24.8 Å². The van der Waals surface area contributed by atoms with E-state index in [1.807, 2.05) is 0 Å². The first-order valence-electron chi connectivity index (χ1n) is 8.44. The number of piperidine rings is 1. The summed E-state index contributed by atoms with van der Waals surface area (Å²) >= 11 is 0. The van der Waals surface area contributed by atoms with Crippen LogP contribution < -0.4 is 20.1 Å². The Hall–Kier alpha value is -2.09. The van der Waals surface area contributed by atoms with E-state index < -0.39 is 6.61 Å². The Labute approximate surface area is 146 Å². The minimum absolute atomic E-state index is 0.0350. The maximum atomic E-state index is 12.3. The summed E-state index contributed by atoms with van der Waals surface area (Å²) in [4.78, 5) is 14.2. The van der Waals surface area contributed by atoms with Crippen LogP contribution in [-0.2, 0) is 6.54 Å². The number of benzene rings is 1. The van der Waals surface area contributed by atoms with Crippen LogP contribution in [0.3, 0.4) is 0 Å². The molecule has 0 radical (unpaired) electrons. The second kappa shape index (κ2) is 10.0. The molecule has 0 atom stereocenters. The van der Waals surface area contributed by atoms with Gasteiger partial charge >= 0.3 is 12.6 Å². The molecular weight excluding hydrogens is 332 g/mol. The molecule has 0 aliphatic carbocycles. The first-order valence-corrected chi connectivity index (χ1v) is 8.44. The van der Waals surface area contributed by atoms with Gasteiger partial charge < -0.3 is 25.0 Å². The third-order valence-electron chi connectivity index (χ3n) is 4.06. The van der Waals surface area contributed by atoms with Gasteiger partial charge in [0.2, 0.25) is 0 Å². The third-order valence-corrected chi connectivity index (χ3v) is 4.06. The van der Waals surface area contributed by atoms with E-state index in [1.165, 1.54) is 32.4 Å². The lowest BCUT2D eigenvalue weighted by molar-refractivity contribution is -0.0512. The topological polar surface area (TPSA) is 62.8 Å². The van der Waals surface area contributed by atoms with Gasteiger partial charge in [0, 0.05) is 19.6 Å². The Morgan fingerprint density at radius 2 is 1.96 bits per heavy atom. The molecule has 1 aromatic rings. The van der Waals surface area contributed by atoms with E-state index in [9.17, 15) is 13.6 Å². The summed E-state index contributed by atoms with van der Waals surface area (Å²) < 4.78 is 34.0. The molecule has 1 aliphatic heterocycles. The second-order valence-corrected chi connectivity index (χ2v) is 5.88. The predicted molar refractivity (Wildman–Crippen MR) is 90.2 cm³/mol. The van der Waals surface area contributed by atoms with Crippen molar-refractivity contribution >= 4 is 6.03 Å². The zero-order valence-corrected chi connectivity index (χ0v) is 14.4. The first kappa shape index (κ1) is 19.2. The molecule has 1 aliphatic rings. The van der Waals surface area contributed by atoms with Crippen molar-refractivity contribution in [2.24, 2.45) is 0 Å².